The molecule has 4 rings (SSSR count). The molecule has 3 heterocycles. The van der Waals surface area contributed by atoms with Crippen LogP contribution in [0.5, 0.6) is 17.2 Å². The first-order valence-corrected chi connectivity index (χ1v) is 9.14. The molecule has 0 atom stereocenters. The Morgan fingerprint density at radius 2 is 2.12 bits per heavy atom. The first-order chi connectivity index (χ1) is 12.8. The summed E-state index contributed by atoms with van der Waals surface area (Å²) in [6.07, 6.45) is 4.16. The first-order valence-electron chi connectivity index (χ1n) is 9.14. The van der Waals surface area contributed by atoms with E-state index in [9.17, 15) is 0 Å². The number of fused-ring (bicyclic) bond motifs is 1. The van der Waals surface area contributed by atoms with Crippen molar-refractivity contribution < 1.29 is 14.2 Å². The third kappa shape index (κ3) is 3.92. The molecule has 0 aliphatic carbocycles. The maximum absolute atomic E-state index is 5.50. The fourth-order valence-electron chi connectivity index (χ4n) is 3.56. The van der Waals surface area contributed by atoms with Crippen molar-refractivity contribution >= 4 is 0 Å². The molecule has 0 spiro atoms. The summed E-state index contributed by atoms with van der Waals surface area (Å²) in [5.41, 5.74) is 2.30. The molecular weight excluding hydrogens is 330 g/mol. The minimum absolute atomic E-state index is 0.261. The van der Waals surface area contributed by atoms with Crippen molar-refractivity contribution in [3.05, 3.63) is 47.8 Å². The maximum Gasteiger partial charge on any atom is 0.231 e. The van der Waals surface area contributed by atoms with Gasteiger partial charge < -0.3 is 19.5 Å². The topological polar surface area (TPSA) is 55.9 Å². The van der Waals surface area contributed by atoms with E-state index >= 15 is 0 Å². The molecule has 138 valence electrons. The molecule has 2 aromatic rings. The molecule has 1 fully saturated rings. The van der Waals surface area contributed by atoms with Gasteiger partial charge in [-0.1, -0.05) is 6.07 Å². The Morgan fingerprint density at radius 1 is 1.23 bits per heavy atom. The molecule has 0 radical (unpaired) electrons. The Morgan fingerprint density at radius 3 is 2.88 bits per heavy atom. The van der Waals surface area contributed by atoms with Crippen LogP contribution in [-0.4, -0.2) is 42.9 Å². The van der Waals surface area contributed by atoms with E-state index in [0.717, 1.165) is 61.8 Å². The molecule has 2 aliphatic rings. The minimum Gasteiger partial charge on any atom is -0.493 e. The first kappa shape index (κ1) is 17.1. The normalized spacial score (nSPS) is 17.4. The number of methoxy groups -OCH3 is 1. The van der Waals surface area contributed by atoms with Gasteiger partial charge in [-0.05, 0) is 42.7 Å². The van der Waals surface area contributed by atoms with E-state index in [4.69, 9.17) is 14.2 Å². The van der Waals surface area contributed by atoms with Gasteiger partial charge in [0.1, 0.15) is 0 Å². The third-order valence-corrected chi connectivity index (χ3v) is 5.01. The van der Waals surface area contributed by atoms with Crippen LogP contribution in [0.3, 0.4) is 0 Å². The summed E-state index contributed by atoms with van der Waals surface area (Å²) >= 11 is 0. The fraction of sp³-hybridized carbons (Fsp3) is 0.450. The van der Waals surface area contributed by atoms with Crippen LogP contribution in [0.25, 0.3) is 0 Å². The molecule has 0 unspecified atom stereocenters. The Bertz CT molecular complexity index is 731. The quantitative estimate of drug-likeness (QED) is 0.860. The van der Waals surface area contributed by atoms with Crippen molar-refractivity contribution in [3.63, 3.8) is 0 Å². The van der Waals surface area contributed by atoms with E-state index < -0.39 is 0 Å². The molecule has 1 N–H and O–H groups in total. The summed E-state index contributed by atoms with van der Waals surface area (Å²) in [7, 11) is 1.66. The van der Waals surface area contributed by atoms with Gasteiger partial charge in [0.2, 0.25) is 12.5 Å². The number of rotatable bonds is 6. The van der Waals surface area contributed by atoms with Gasteiger partial charge in [0.25, 0.3) is 0 Å². The number of nitrogens with zero attached hydrogens (tertiary/aromatic N) is 2. The van der Waals surface area contributed by atoms with E-state index in [1.165, 1.54) is 0 Å². The van der Waals surface area contributed by atoms with Crippen LogP contribution in [0.15, 0.2) is 36.5 Å². The number of hydrogen-bond acceptors (Lipinski definition) is 6. The summed E-state index contributed by atoms with van der Waals surface area (Å²) in [4.78, 5) is 6.90. The Labute approximate surface area is 154 Å². The van der Waals surface area contributed by atoms with Gasteiger partial charge in [-0.25, -0.2) is 0 Å². The van der Waals surface area contributed by atoms with Crippen LogP contribution in [0.4, 0.5) is 0 Å². The summed E-state index contributed by atoms with van der Waals surface area (Å²) in [6, 6.07) is 10.7. The van der Waals surface area contributed by atoms with E-state index in [1.807, 2.05) is 24.4 Å². The summed E-state index contributed by atoms with van der Waals surface area (Å²) in [5.74, 6) is 2.22. The number of likely N-dealkylation sites (tertiary alicyclic amines) is 1. The van der Waals surface area contributed by atoms with Crippen LogP contribution in [0, 0.1) is 0 Å². The van der Waals surface area contributed by atoms with Crippen molar-refractivity contribution in [1.29, 1.82) is 0 Å². The van der Waals surface area contributed by atoms with Crippen molar-refractivity contribution in [1.82, 2.24) is 15.2 Å². The highest BCUT2D eigenvalue weighted by atomic mass is 16.7. The van der Waals surface area contributed by atoms with E-state index in [1.54, 1.807) is 7.11 Å². The van der Waals surface area contributed by atoms with Gasteiger partial charge in [-0.3, -0.25) is 9.88 Å². The number of ether oxygens (including phenoxy) is 3. The minimum atomic E-state index is 0.261. The highest BCUT2D eigenvalue weighted by molar-refractivity contribution is 5.55. The van der Waals surface area contributed by atoms with Gasteiger partial charge in [0.15, 0.2) is 11.5 Å². The average molecular weight is 355 g/mol. The van der Waals surface area contributed by atoms with E-state index in [2.05, 4.69) is 27.3 Å². The number of benzene rings is 1. The molecule has 6 heteroatoms. The van der Waals surface area contributed by atoms with Gasteiger partial charge in [0, 0.05) is 38.4 Å². The Balaban J connectivity index is 1.28. The van der Waals surface area contributed by atoms with Crippen LogP contribution in [0.2, 0.25) is 0 Å². The molecular formula is C20H25N3O3. The van der Waals surface area contributed by atoms with Gasteiger partial charge in [-0.2, -0.15) is 0 Å². The standard InChI is InChI=1S/C20H25N3O3/c1-24-18-10-15(11-19-20(18)26-14-25-19)12-22-16-5-8-23(9-6-16)13-17-4-2-3-7-21-17/h2-4,7,10-11,16,22H,5-6,8-9,12-14H2,1H3. The monoisotopic (exact) mass is 355 g/mol. The summed E-state index contributed by atoms with van der Waals surface area (Å²) in [5, 5.41) is 3.67. The number of piperidine rings is 1. The van der Waals surface area contributed by atoms with Crippen LogP contribution < -0.4 is 19.5 Å². The van der Waals surface area contributed by atoms with Crippen molar-refractivity contribution in [2.24, 2.45) is 0 Å². The fourth-order valence-corrected chi connectivity index (χ4v) is 3.56. The van der Waals surface area contributed by atoms with Crippen molar-refractivity contribution in [2.45, 2.75) is 32.0 Å². The van der Waals surface area contributed by atoms with Crippen LogP contribution >= 0.6 is 0 Å². The van der Waals surface area contributed by atoms with E-state index in [0.29, 0.717) is 11.8 Å². The predicted molar refractivity (Wildman–Crippen MR) is 98.5 cm³/mol. The highest BCUT2D eigenvalue weighted by Crippen LogP contribution is 2.41. The molecule has 1 saturated heterocycles. The van der Waals surface area contributed by atoms with Crippen LogP contribution in [0.1, 0.15) is 24.1 Å². The lowest BCUT2D eigenvalue weighted by atomic mass is 10.0. The second-order valence-electron chi connectivity index (χ2n) is 6.78. The number of pyridine rings is 1. The largest absolute Gasteiger partial charge is 0.493 e. The van der Waals surface area contributed by atoms with Gasteiger partial charge >= 0.3 is 0 Å². The Hall–Kier alpha value is -2.31. The summed E-state index contributed by atoms with van der Waals surface area (Å²) < 4.78 is 16.4. The number of aromatic nitrogens is 1. The molecule has 1 aromatic carbocycles. The van der Waals surface area contributed by atoms with E-state index in [-0.39, 0.29) is 6.79 Å². The lowest BCUT2D eigenvalue weighted by molar-refractivity contribution is 0.171. The highest BCUT2D eigenvalue weighted by Gasteiger charge is 2.22. The number of nitrogens with one attached hydrogen (secondary N) is 1. The summed E-state index contributed by atoms with van der Waals surface area (Å²) in [6.45, 7) is 4.19. The smallest absolute Gasteiger partial charge is 0.231 e. The van der Waals surface area contributed by atoms with Crippen LogP contribution in [-0.2, 0) is 13.1 Å². The molecule has 0 amide bonds. The zero-order valence-corrected chi connectivity index (χ0v) is 15.1. The second-order valence-corrected chi connectivity index (χ2v) is 6.78. The SMILES string of the molecule is COc1cc(CNC2CCN(Cc3ccccn3)CC2)cc2c1OCO2. The van der Waals surface area contributed by atoms with Crippen molar-refractivity contribution in [2.75, 3.05) is 27.0 Å². The van der Waals surface area contributed by atoms with Crippen molar-refractivity contribution in [3.8, 4) is 17.2 Å². The molecule has 0 saturated carbocycles. The zero-order valence-electron chi connectivity index (χ0n) is 15.1. The molecule has 0 bridgehead atoms. The molecule has 2 aliphatic heterocycles. The lowest BCUT2D eigenvalue weighted by Gasteiger charge is -2.32. The second kappa shape index (κ2) is 7.93. The predicted octanol–water partition coefficient (Wildman–Crippen LogP) is 2.57. The number of hydrogen-bond donors (Lipinski definition) is 1. The molecule has 26 heavy (non-hydrogen) atoms. The zero-order chi connectivity index (χ0) is 17.8. The molecule has 6 nitrogen and oxygen atoms in total. The third-order valence-electron chi connectivity index (χ3n) is 5.01. The molecule has 1 aromatic heterocycles. The maximum atomic E-state index is 5.50. The Kier molecular flexibility index (Phi) is 5.22. The average Bonchev–Trinajstić information content (AvgIpc) is 3.16. The lowest BCUT2D eigenvalue weighted by Crippen LogP contribution is -2.41. The van der Waals surface area contributed by atoms with Gasteiger partial charge in [0.05, 0.1) is 12.8 Å². The van der Waals surface area contributed by atoms with Gasteiger partial charge in [-0.15, -0.1) is 0 Å².